The number of carbonyl (C=O) groups excluding carboxylic acids is 2. The van der Waals surface area contributed by atoms with E-state index in [1.807, 2.05) is 29.2 Å². The summed E-state index contributed by atoms with van der Waals surface area (Å²) in [6.45, 7) is 5.16. The minimum Gasteiger partial charge on any atom is -0.338 e. The molecule has 6 heteroatoms. The molecule has 0 spiro atoms. The van der Waals surface area contributed by atoms with Crippen LogP contribution in [0.3, 0.4) is 0 Å². The van der Waals surface area contributed by atoms with Crippen molar-refractivity contribution in [3.63, 3.8) is 0 Å². The number of anilines is 1. The molecule has 2 amide bonds. The third kappa shape index (κ3) is 3.49. The van der Waals surface area contributed by atoms with E-state index in [4.69, 9.17) is 0 Å². The van der Waals surface area contributed by atoms with E-state index in [9.17, 15) is 9.59 Å². The van der Waals surface area contributed by atoms with Gasteiger partial charge in [0.05, 0.1) is 11.6 Å². The highest BCUT2D eigenvalue weighted by atomic mass is 79.9. The maximum atomic E-state index is 13.0. The van der Waals surface area contributed by atoms with Crippen molar-refractivity contribution in [2.24, 2.45) is 5.92 Å². The van der Waals surface area contributed by atoms with Crippen LogP contribution in [0.1, 0.15) is 26.2 Å². The maximum Gasteiger partial charge on any atom is 0.228 e. The summed E-state index contributed by atoms with van der Waals surface area (Å²) in [6, 6.07) is 7.94. The molecule has 0 aromatic heterocycles. The van der Waals surface area contributed by atoms with Crippen molar-refractivity contribution in [2.45, 2.75) is 32.2 Å². The van der Waals surface area contributed by atoms with Crippen molar-refractivity contribution < 1.29 is 9.59 Å². The van der Waals surface area contributed by atoms with Crippen molar-refractivity contribution in [1.29, 1.82) is 0 Å². The second kappa shape index (κ2) is 7.66. The smallest absolute Gasteiger partial charge is 0.228 e. The van der Waals surface area contributed by atoms with E-state index in [0.717, 1.165) is 42.6 Å². The van der Waals surface area contributed by atoms with E-state index in [1.165, 1.54) is 0 Å². The van der Waals surface area contributed by atoms with Gasteiger partial charge < -0.3 is 15.1 Å². The Labute approximate surface area is 151 Å². The summed E-state index contributed by atoms with van der Waals surface area (Å²) in [6.07, 6.45) is 2.25. The van der Waals surface area contributed by atoms with Crippen LogP contribution in [-0.4, -0.2) is 48.9 Å². The van der Waals surface area contributed by atoms with Crippen LogP contribution in [0.15, 0.2) is 28.7 Å². The van der Waals surface area contributed by atoms with Gasteiger partial charge in [-0.25, -0.2) is 0 Å². The van der Waals surface area contributed by atoms with Crippen molar-refractivity contribution in [2.75, 3.05) is 31.1 Å². The van der Waals surface area contributed by atoms with Gasteiger partial charge in [-0.3, -0.25) is 9.59 Å². The molecule has 0 radical (unpaired) electrons. The van der Waals surface area contributed by atoms with Gasteiger partial charge in [0, 0.05) is 36.6 Å². The molecule has 130 valence electrons. The Balaban J connectivity index is 1.74. The number of para-hydroxylation sites is 1. The van der Waals surface area contributed by atoms with Crippen molar-refractivity contribution in [1.82, 2.24) is 10.2 Å². The SMILES string of the molecule is CCCN(C(=O)C1CC(=O)N(c2ccccc2Br)C1)C1CCNC1. The van der Waals surface area contributed by atoms with E-state index in [-0.39, 0.29) is 23.8 Å². The van der Waals surface area contributed by atoms with Crippen LogP contribution in [0, 0.1) is 5.92 Å². The fourth-order valence-electron chi connectivity index (χ4n) is 3.63. The summed E-state index contributed by atoms with van der Waals surface area (Å²) in [7, 11) is 0. The molecule has 0 aliphatic carbocycles. The van der Waals surface area contributed by atoms with Gasteiger partial charge in [-0.1, -0.05) is 19.1 Å². The van der Waals surface area contributed by atoms with Crippen LogP contribution < -0.4 is 10.2 Å². The highest BCUT2D eigenvalue weighted by molar-refractivity contribution is 9.10. The fourth-order valence-corrected chi connectivity index (χ4v) is 4.13. The summed E-state index contributed by atoms with van der Waals surface area (Å²) in [5.41, 5.74) is 0.849. The molecular weight excluding hydrogens is 370 g/mol. The fraction of sp³-hybridized carbons (Fsp3) is 0.556. The highest BCUT2D eigenvalue weighted by Gasteiger charge is 2.39. The second-order valence-corrected chi connectivity index (χ2v) is 7.39. The van der Waals surface area contributed by atoms with E-state index < -0.39 is 0 Å². The van der Waals surface area contributed by atoms with Crippen LogP contribution >= 0.6 is 15.9 Å². The summed E-state index contributed by atoms with van der Waals surface area (Å²) in [5, 5.41) is 3.33. The molecule has 2 aliphatic heterocycles. The zero-order valence-corrected chi connectivity index (χ0v) is 15.6. The Hall–Kier alpha value is -1.40. The molecule has 2 aliphatic rings. The molecule has 0 saturated carbocycles. The van der Waals surface area contributed by atoms with E-state index in [1.54, 1.807) is 4.90 Å². The number of nitrogens with zero attached hydrogens (tertiary/aromatic N) is 2. The minimum absolute atomic E-state index is 0.0289. The number of nitrogens with one attached hydrogen (secondary N) is 1. The summed E-state index contributed by atoms with van der Waals surface area (Å²) in [5.74, 6) is -0.0774. The predicted octanol–water partition coefficient (Wildman–Crippen LogP) is 2.40. The van der Waals surface area contributed by atoms with Crippen LogP contribution in [0.4, 0.5) is 5.69 Å². The molecule has 0 bridgehead atoms. The van der Waals surface area contributed by atoms with Crippen molar-refractivity contribution in [3.8, 4) is 0 Å². The number of hydrogen-bond acceptors (Lipinski definition) is 3. The number of rotatable bonds is 5. The lowest BCUT2D eigenvalue weighted by Gasteiger charge is -2.30. The number of halogens is 1. The molecule has 3 rings (SSSR count). The summed E-state index contributed by atoms with van der Waals surface area (Å²) < 4.78 is 0.886. The standard InChI is InChI=1S/C18H24BrN3O2/c1-2-9-21(14-7-8-20-11-14)18(24)13-10-17(23)22(12-13)16-6-4-3-5-15(16)19/h3-6,13-14,20H,2,7-12H2,1H3. The first-order valence-corrected chi connectivity index (χ1v) is 9.47. The van der Waals surface area contributed by atoms with E-state index >= 15 is 0 Å². The number of benzene rings is 1. The molecule has 1 aromatic carbocycles. The third-order valence-corrected chi connectivity index (χ3v) is 5.51. The Kier molecular flexibility index (Phi) is 5.56. The largest absolute Gasteiger partial charge is 0.338 e. The average Bonchev–Trinajstić information content (AvgIpc) is 3.22. The van der Waals surface area contributed by atoms with Gasteiger partial charge in [0.15, 0.2) is 0 Å². The highest BCUT2D eigenvalue weighted by Crippen LogP contribution is 2.32. The first kappa shape index (κ1) is 17.4. The first-order chi connectivity index (χ1) is 11.6. The van der Waals surface area contributed by atoms with Crippen LogP contribution in [0.5, 0.6) is 0 Å². The average molecular weight is 394 g/mol. The van der Waals surface area contributed by atoms with Crippen molar-refractivity contribution >= 4 is 33.4 Å². The lowest BCUT2D eigenvalue weighted by Crippen LogP contribution is -2.45. The van der Waals surface area contributed by atoms with Gasteiger partial charge in [0.1, 0.15) is 0 Å². The molecule has 2 saturated heterocycles. The topological polar surface area (TPSA) is 52.7 Å². The molecular formula is C18H24BrN3O2. The Morgan fingerprint density at radius 1 is 1.42 bits per heavy atom. The Bertz CT molecular complexity index is 616. The Morgan fingerprint density at radius 2 is 2.21 bits per heavy atom. The third-order valence-electron chi connectivity index (χ3n) is 4.84. The molecule has 1 aromatic rings. The van der Waals surface area contributed by atoms with Crippen LogP contribution in [0.25, 0.3) is 0 Å². The molecule has 2 atom stereocenters. The predicted molar refractivity (Wildman–Crippen MR) is 97.9 cm³/mol. The number of hydrogen-bond donors (Lipinski definition) is 1. The van der Waals surface area contributed by atoms with Gasteiger partial charge in [-0.15, -0.1) is 0 Å². The molecule has 1 N–H and O–H groups in total. The molecule has 2 heterocycles. The monoisotopic (exact) mass is 393 g/mol. The van der Waals surface area contributed by atoms with Gasteiger partial charge in [-0.2, -0.15) is 0 Å². The Morgan fingerprint density at radius 3 is 2.88 bits per heavy atom. The summed E-state index contributed by atoms with van der Waals surface area (Å²) >= 11 is 3.50. The lowest BCUT2D eigenvalue weighted by atomic mass is 10.0. The van der Waals surface area contributed by atoms with E-state index in [2.05, 4.69) is 28.2 Å². The molecule has 24 heavy (non-hydrogen) atoms. The zero-order chi connectivity index (χ0) is 17.1. The summed E-state index contributed by atoms with van der Waals surface area (Å²) in [4.78, 5) is 29.2. The van der Waals surface area contributed by atoms with Crippen molar-refractivity contribution in [3.05, 3.63) is 28.7 Å². The maximum absolute atomic E-state index is 13.0. The van der Waals surface area contributed by atoms with Gasteiger partial charge in [0.25, 0.3) is 0 Å². The second-order valence-electron chi connectivity index (χ2n) is 6.54. The number of carbonyl (C=O) groups is 2. The normalized spacial score (nSPS) is 23.8. The van der Waals surface area contributed by atoms with Gasteiger partial charge in [-0.05, 0) is 47.4 Å². The first-order valence-electron chi connectivity index (χ1n) is 8.68. The van der Waals surface area contributed by atoms with Gasteiger partial charge >= 0.3 is 0 Å². The molecule has 2 fully saturated rings. The number of amides is 2. The molecule has 5 nitrogen and oxygen atoms in total. The zero-order valence-electron chi connectivity index (χ0n) is 14.0. The quantitative estimate of drug-likeness (QED) is 0.835. The van der Waals surface area contributed by atoms with Crippen LogP contribution in [0.2, 0.25) is 0 Å². The van der Waals surface area contributed by atoms with E-state index in [0.29, 0.717) is 13.0 Å². The minimum atomic E-state index is -0.239. The van der Waals surface area contributed by atoms with Gasteiger partial charge in [0.2, 0.25) is 11.8 Å². The molecule has 2 unspecified atom stereocenters. The lowest BCUT2D eigenvalue weighted by molar-refractivity contribution is -0.137. The van der Waals surface area contributed by atoms with Crippen LogP contribution in [-0.2, 0) is 9.59 Å².